The van der Waals surface area contributed by atoms with E-state index < -0.39 is 17.6 Å². The van der Waals surface area contributed by atoms with Crippen molar-refractivity contribution in [1.82, 2.24) is 5.43 Å². The number of nitrogens with one attached hydrogen (secondary N) is 1. The van der Waals surface area contributed by atoms with Crippen LogP contribution in [0.2, 0.25) is 5.02 Å². The molecule has 1 aromatic rings. The lowest BCUT2D eigenvalue weighted by Gasteiger charge is -2.09. The Balaban J connectivity index is 2.97. The van der Waals surface area contributed by atoms with E-state index in [1.165, 1.54) is 13.0 Å². The van der Waals surface area contributed by atoms with Crippen LogP contribution in [-0.4, -0.2) is 12.1 Å². The Labute approximate surface area is 100 Å². The second kappa shape index (κ2) is 5.18. The predicted octanol–water partition coefficient (Wildman–Crippen LogP) is 2.83. The van der Waals surface area contributed by atoms with Crippen molar-refractivity contribution >= 4 is 23.7 Å². The maximum absolute atomic E-state index is 12.5. The monoisotopic (exact) mass is 264 g/mol. The van der Waals surface area contributed by atoms with E-state index in [9.17, 15) is 18.0 Å². The van der Waals surface area contributed by atoms with Gasteiger partial charge in [-0.25, -0.2) is 5.43 Å². The van der Waals surface area contributed by atoms with Gasteiger partial charge in [0.05, 0.1) is 16.8 Å². The molecule has 0 radical (unpaired) electrons. The van der Waals surface area contributed by atoms with Gasteiger partial charge >= 0.3 is 6.18 Å². The standard InChI is InChI=1S/C10H8ClF3N2O/c1-6(17)16-15-5-7-2-3-9(11)8(4-7)10(12,13)14/h2-5H,1H3,(H,16,17). The van der Waals surface area contributed by atoms with Gasteiger partial charge in [0.1, 0.15) is 0 Å². The van der Waals surface area contributed by atoms with Crippen molar-refractivity contribution in [2.75, 3.05) is 0 Å². The molecule has 0 aliphatic carbocycles. The molecular formula is C10H8ClF3N2O. The maximum atomic E-state index is 12.5. The summed E-state index contributed by atoms with van der Waals surface area (Å²) in [5.74, 6) is -0.411. The van der Waals surface area contributed by atoms with Gasteiger partial charge in [-0.3, -0.25) is 4.79 Å². The van der Waals surface area contributed by atoms with Gasteiger partial charge < -0.3 is 0 Å². The minimum Gasteiger partial charge on any atom is -0.274 e. The molecule has 0 aliphatic rings. The minimum atomic E-state index is -4.52. The van der Waals surface area contributed by atoms with Crippen LogP contribution in [0.1, 0.15) is 18.1 Å². The SMILES string of the molecule is CC(=O)NN=Cc1ccc(Cl)c(C(F)(F)F)c1. The first-order valence-electron chi connectivity index (χ1n) is 4.47. The van der Waals surface area contributed by atoms with E-state index in [0.29, 0.717) is 0 Å². The fraction of sp³-hybridized carbons (Fsp3) is 0.200. The van der Waals surface area contributed by atoms with E-state index in [1.807, 2.05) is 0 Å². The Morgan fingerprint density at radius 2 is 2.12 bits per heavy atom. The van der Waals surface area contributed by atoms with Crippen LogP contribution in [0.15, 0.2) is 23.3 Å². The number of nitrogens with zero attached hydrogens (tertiary/aromatic N) is 1. The summed E-state index contributed by atoms with van der Waals surface area (Å²) in [6.07, 6.45) is -3.41. The normalized spacial score (nSPS) is 11.8. The molecule has 0 saturated carbocycles. The summed E-state index contributed by atoms with van der Waals surface area (Å²) in [5.41, 5.74) is 1.33. The molecular weight excluding hydrogens is 257 g/mol. The van der Waals surface area contributed by atoms with Crippen molar-refractivity contribution in [3.8, 4) is 0 Å². The van der Waals surface area contributed by atoms with Crippen LogP contribution < -0.4 is 5.43 Å². The van der Waals surface area contributed by atoms with Crippen LogP contribution in [0.25, 0.3) is 0 Å². The minimum absolute atomic E-state index is 0.190. The number of carbonyl (C=O) groups excluding carboxylic acids is 1. The molecule has 0 spiro atoms. The summed E-state index contributed by atoms with van der Waals surface area (Å²) in [7, 11) is 0. The highest BCUT2D eigenvalue weighted by molar-refractivity contribution is 6.31. The first-order chi connectivity index (χ1) is 7.80. The first kappa shape index (κ1) is 13.5. The van der Waals surface area contributed by atoms with Gasteiger partial charge in [0.15, 0.2) is 0 Å². The van der Waals surface area contributed by atoms with E-state index >= 15 is 0 Å². The Morgan fingerprint density at radius 3 is 2.65 bits per heavy atom. The molecule has 0 bridgehead atoms. The maximum Gasteiger partial charge on any atom is 0.417 e. The third-order valence-electron chi connectivity index (χ3n) is 1.73. The number of rotatable bonds is 2. The Bertz CT molecular complexity index is 457. The molecule has 0 aromatic heterocycles. The molecule has 0 saturated heterocycles. The number of halogens is 4. The zero-order valence-corrected chi connectivity index (χ0v) is 9.43. The molecule has 3 nitrogen and oxygen atoms in total. The first-order valence-corrected chi connectivity index (χ1v) is 4.85. The smallest absolute Gasteiger partial charge is 0.274 e. The van der Waals surface area contributed by atoms with Crippen molar-refractivity contribution in [3.63, 3.8) is 0 Å². The molecule has 0 unspecified atom stereocenters. The van der Waals surface area contributed by atoms with E-state index in [1.54, 1.807) is 0 Å². The van der Waals surface area contributed by atoms with E-state index in [-0.39, 0.29) is 10.6 Å². The highest BCUT2D eigenvalue weighted by Gasteiger charge is 2.33. The number of amides is 1. The van der Waals surface area contributed by atoms with Gasteiger partial charge in [-0.05, 0) is 17.7 Å². The van der Waals surface area contributed by atoms with Gasteiger partial charge in [0.25, 0.3) is 0 Å². The number of hydrogen-bond donors (Lipinski definition) is 1. The van der Waals surface area contributed by atoms with Crippen molar-refractivity contribution in [1.29, 1.82) is 0 Å². The van der Waals surface area contributed by atoms with Gasteiger partial charge in [-0.2, -0.15) is 18.3 Å². The molecule has 1 N–H and O–H groups in total. The summed E-state index contributed by atoms with van der Waals surface area (Å²) >= 11 is 5.43. The molecule has 1 aromatic carbocycles. The van der Waals surface area contributed by atoms with Gasteiger partial charge in [0.2, 0.25) is 5.91 Å². The van der Waals surface area contributed by atoms with Crippen molar-refractivity contribution < 1.29 is 18.0 Å². The van der Waals surface area contributed by atoms with Crippen LogP contribution in [0.4, 0.5) is 13.2 Å². The quantitative estimate of drug-likeness (QED) is 0.648. The van der Waals surface area contributed by atoms with Crippen LogP contribution in [-0.2, 0) is 11.0 Å². The highest BCUT2D eigenvalue weighted by Crippen LogP contribution is 2.34. The zero-order valence-electron chi connectivity index (χ0n) is 8.68. The molecule has 0 aliphatic heterocycles. The Morgan fingerprint density at radius 1 is 1.47 bits per heavy atom. The average molecular weight is 265 g/mol. The van der Waals surface area contributed by atoms with Crippen molar-refractivity contribution in [2.24, 2.45) is 5.10 Å². The summed E-state index contributed by atoms with van der Waals surface area (Å²) in [4.78, 5) is 10.5. The fourth-order valence-electron chi connectivity index (χ4n) is 1.04. The molecule has 1 amide bonds. The van der Waals surface area contributed by atoms with E-state index in [2.05, 4.69) is 10.5 Å². The van der Waals surface area contributed by atoms with Crippen LogP contribution >= 0.6 is 11.6 Å². The predicted molar refractivity (Wildman–Crippen MR) is 57.9 cm³/mol. The van der Waals surface area contributed by atoms with Crippen LogP contribution in [0, 0.1) is 0 Å². The lowest BCUT2D eigenvalue weighted by molar-refractivity contribution is -0.137. The molecule has 0 fully saturated rings. The Kier molecular flexibility index (Phi) is 4.11. The Hall–Kier alpha value is -1.56. The molecule has 7 heteroatoms. The summed E-state index contributed by atoms with van der Waals surface area (Å²) in [5, 5.41) is 3.08. The number of hydrogen-bond acceptors (Lipinski definition) is 2. The molecule has 17 heavy (non-hydrogen) atoms. The number of alkyl halides is 3. The third-order valence-corrected chi connectivity index (χ3v) is 2.06. The second-order valence-electron chi connectivity index (χ2n) is 3.16. The molecule has 92 valence electrons. The number of hydrazone groups is 1. The molecule has 0 atom stereocenters. The van der Waals surface area contributed by atoms with Crippen molar-refractivity contribution in [3.05, 3.63) is 34.3 Å². The lowest BCUT2D eigenvalue weighted by Crippen LogP contribution is -2.12. The van der Waals surface area contributed by atoms with Gasteiger partial charge in [0, 0.05) is 6.92 Å². The topological polar surface area (TPSA) is 41.5 Å². The van der Waals surface area contributed by atoms with Crippen molar-refractivity contribution in [2.45, 2.75) is 13.1 Å². The second-order valence-corrected chi connectivity index (χ2v) is 3.57. The number of benzene rings is 1. The zero-order chi connectivity index (χ0) is 13.1. The van der Waals surface area contributed by atoms with Gasteiger partial charge in [-0.15, -0.1) is 0 Å². The summed E-state index contributed by atoms with van der Waals surface area (Å²) in [6.45, 7) is 1.24. The van der Waals surface area contributed by atoms with Gasteiger partial charge in [-0.1, -0.05) is 17.7 Å². The summed E-state index contributed by atoms with van der Waals surface area (Å²) in [6, 6.07) is 3.34. The number of carbonyl (C=O) groups is 1. The highest BCUT2D eigenvalue weighted by atomic mass is 35.5. The fourth-order valence-corrected chi connectivity index (χ4v) is 1.26. The van der Waals surface area contributed by atoms with Crippen LogP contribution in [0.5, 0.6) is 0 Å². The molecule has 0 heterocycles. The summed E-state index contributed by atoms with van der Waals surface area (Å²) < 4.78 is 37.4. The lowest BCUT2D eigenvalue weighted by atomic mass is 10.1. The third kappa shape index (κ3) is 4.07. The van der Waals surface area contributed by atoms with E-state index in [4.69, 9.17) is 11.6 Å². The van der Waals surface area contributed by atoms with Crippen LogP contribution in [0.3, 0.4) is 0 Å². The molecule has 1 rings (SSSR count). The largest absolute Gasteiger partial charge is 0.417 e. The average Bonchev–Trinajstić information content (AvgIpc) is 2.18. The van der Waals surface area contributed by atoms with E-state index in [0.717, 1.165) is 18.3 Å².